The van der Waals surface area contributed by atoms with Gasteiger partial charge in [0.15, 0.2) is 0 Å². The number of aromatic nitrogens is 3. The third-order valence-corrected chi connectivity index (χ3v) is 6.08. The summed E-state index contributed by atoms with van der Waals surface area (Å²) in [5.74, 6) is 0.777. The minimum absolute atomic E-state index is 0.0274. The summed E-state index contributed by atoms with van der Waals surface area (Å²) in [5.41, 5.74) is 0.682. The molecular formula is C23H26N6OS. The van der Waals surface area contributed by atoms with Crippen molar-refractivity contribution in [2.24, 2.45) is 0 Å². The van der Waals surface area contributed by atoms with Crippen LogP contribution in [0, 0.1) is 0 Å². The van der Waals surface area contributed by atoms with Crippen molar-refractivity contribution in [2.45, 2.75) is 16.3 Å². The molecule has 8 heteroatoms. The molecule has 4 rings (SSSR count). The lowest BCUT2D eigenvalue weighted by molar-refractivity contribution is 0.0951. The molecule has 0 aliphatic carbocycles. The molecule has 1 aliphatic rings. The van der Waals surface area contributed by atoms with E-state index >= 15 is 0 Å². The first kappa shape index (κ1) is 21.3. The van der Waals surface area contributed by atoms with E-state index in [4.69, 9.17) is 0 Å². The summed E-state index contributed by atoms with van der Waals surface area (Å²) in [5, 5.41) is 3.97. The van der Waals surface area contributed by atoms with Gasteiger partial charge in [0.25, 0.3) is 5.91 Å². The molecule has 0 saturated carbocycles. The van der Waals surface area contributed by atoms with Gasteiger partial charge < -0.3 is 10.2 Å². The van der Waals surface area contributed by atoms with Crippen molar-refractivity contribution < 1.29 is 4.79 Å². The van der Waals surface area contributed by atoms with E-state index in [0.29, 0.717) is 12.1 Å². The minimum atomic E-state index is -0.0274. The van der Waals surface area contributed by atoms with Crippen LogP contribution in [0.1, 0.15) is 16.8 Å². The van der Waals surface area contributed by atoms with Crippen LogP contribution >= 0.6 is 11.8 Å². The van der Waals surface area contributed by atoms with Gasteiger partial charge in [0.05, 0.1) is 0 Å². The number of nitrogens with one attached hydrogen (secondary N) is 1. The Hall–Kier alpha value is -2.97. The first-order chi connectivity index (χ1) is 15.3. The van der Waals surface area contributed by atoms with E-state index in [9.17, 15) is 4.79 Å². The largest absolute Gasteiger partial charge is 0.352 e. The van der Waals surface area contributed by atoms with Crippen LogP contribution in [0.3, 0.4) is 0 Å². The number of nitrogens with zero attached hydrogens (tertiary/aromatic N) is 5. The van der Waals surface area contributed by atoms with Gasteiger partial charge in [0, 0.05) is 61.8 Å². The second-order valence-electron chi connectivity index (χ2n) is 7.28. The van der Waals surface area contributed by atoms with Gasteiger partial charge in [-0.15, -0.1) is 0 Å². The Bertz CT molecular complexity index is 947. The maximum absolute atomic E-state index is 12.4. The van der Waals surface area contributed by atoms with Crippen molar-refractivity contribution in [2.75, 3.05) is 44.2 Å². The van der Waals surface area contributed by atoms with Gasteiger partial charge in [0.2, 0.25) is 5.95 Å². The Kier molecular flexibility index (Phi) is 7.46. The van der Waals surface area contributed by atoms with E-state index in [1.807, 2.05) is 48.5 Å². The highest BCUT2D eigenvalue weighted by atomic mass is 32.2. The quantitative estimate of drug-likeness (QED) is 0.547. The number of benzene rings is 1. The van der Waals surface area contributed by atoms with Crippen molar-refractivity contribution in [3.63, 3.8) is 0 Å². The zero-order chi connectivity index (χ0) is 21.3. The van der Waals surface area contributed by atoms with Crippen LogP contribution in [-0.4, -0.2) is 65.0 Å². The fourth-order valence-electron chi connectivity index (χ4n) is 3.44. The van der Waals surface area contributed by atoms with Gasteiger partial charge in [-0.2, -0.15) is 0 Å². The fraction of sp³-hybridized carbons (Fsp3) is 0.304. The Balaban J connectivity index is 1.15. The van der Waals surface area contributed by atoms with Gasteiger partial charge in [-0.25, -0.2) is 15.0 Å². The number of amides is 1. The molecule has 1 saturated heterocycles. The Morgan fingerprint density at radius 3 is 2.35 bits per heavy atom. The lowest BCUT2D eigenvalue weighted by Gasteiger charge is -2.34. The van der Waals surface area contributed by atoms with Gasteiger partial charge in [-0.05, 0) is 55.4 Å². The van der Waals surface area contributed by atoms with Crippen LogP contribution in [0.5, 0.6) is 0 Å². The number of hydrogen-bond donors (Lipinski definition) is 1. The van der Waals surface area contributed by atoms with Gasteiger partial charge in [-0.3, -0.25) is 9.69 Å². The smallest absolute Gasteiger partial charge is 0.251 e. The normalized spacial score (nSPS) is 14.4. The molecule has 160 valence electrons. The summed E-state index contributed by atoms with van der Waals surface area (Å²) in [6, 6.07) is 15.3. The predicted molar refractivity (Wildman–Crippen MR) is 122 cm³/mol. The molecule has 1 fully saturated rings. The van der Waals surface area contributed by atoms with Crippen molar-refractivity contribution in [3.05, 3.63) is 72.7 Å². The lowest BCUT2D eigenvalue weighted by atomic mass is 10.2. The molecule has 1 N–H and O–H groups in total. The maximum Gasteiger partial charge on any atom is 0.251 e. The molecule has 3 heterocycles. The van der Waals surface area contributed by atoms with Gasteiger partial charge >= 0.3 is 0 Å². The topological polar surface area (TPSA) is 74.2 Å². The standard InChI is InChI=1S/C23H26N6OS/c30-22(19-6-8-20(9-7-19)31-21-5-1-2-10-24-21)25-13-4-14-28-15-17-29(18-16-28)23-26-11-3-12-27-23/h1-3,5-12H,4,13-18H2,(H,25,30). The summed E-state index contributed by atoms with van der Waals surface area (Å²) >= 11 is 1.58. The Morgan fingerprint density at radius 2 is 1.65 bits per heavy atom. The summed E-state index contributed by atoms with van der Waals surface area (Å²) in [7, 11) is 0. The molecule has 7 nitrogen and oxygen atoms in total. The van der Waals surface area contributed by atoms with Crippen LogP contribution in [0.25, 0.3) is 0 Å². The highest BCUT2D eigenvalue weighted by Crippen LogP contribution is 2.25. The predicted octanol–water partition coefficient (Wildman–Crippen LogP) is 2.96. The van der Waals surface area contributed by atoms with E-state index in [0.717, 1.165) is 55.0 Å². The number of carbonyl (C=O) groups excluding carboxylic acids is 1. The van der Waals surface area contributed by atoms with Crippen molar-refractivity contribution in [3.8, 4) is 0 Å². The van der Waals surface area contributed by atoms with Crippen LogP contribution in [-0.2, 0) is 0 Å². The van der Waals surface area contributed by atoms with Gasteiger partial charge in [0.1, 0.15) is 5.03 Å². The summed E-state index contributed by atoms with van der Waals surface area (Å²) in [6.45, 7) is 5.48. The molecule has 0 unspecified atom stereocenters. The van der Waals surface area contributed by atoms with Gasteiger partial charge in [-0.1, -0.05) is 17.8 Å². The molecule has 31 heavy (non-hydrogen) atoms. The van der Waals surface area contributed by atoms with E-state index in [-0.39, 0.29) is 5.91 Å². The third-order valence-electron chi connectivity index (χ3n) is 5.12. The lowest BCUT2D eigenvalue weighted by Crippen LogP contribution is -2.47. The average molecular weight is 435 g/mol. The number of carbonyl (C=O) groups is 1. The minimum Gasteiger partial charge on any atom is -0.352 e. The van der Waals surface area contributed by atoms with E-state index in [1.54, 1.807) is 30.4 Å². The van der Waals surface area contributed by atoms with Crippen LogP contribution in [0.15, 0.2) is 77.0 Å². The maximum atomic E-state index is 12.4. The molecule has 0 atom stereocenters. The molecule has 1 amide bonds. The first-order valence-electron chi connectivity index (χ1n) is 10.5. The molecule has 2 aromatic heterocycles. The fourth-order valence-corrected chi connectivity index (χ4v) is 4.21. The summed E-state index contributed by atoms with van der Waals surface area (Å²) in [4.78, 5) is 31.1. The Labute approximate surface area is 186 Å². The second kappa shape index (κ2) is 10.9. The van der Waals surface area contributed by atoms with Crippen molar-refractivity contribution in [1.82, 2.24) is 25.2 Å². The highest BCUT2D eigenvalue weighted by Gasteiger charge is 2.18. The SMILES string of the molecule is O=C(NCCCN1CCN(c2ncccn2)CC1)c1ccc(Sc2ccccn2)cc1. The number of hydrogen-bond acceptors (Lipinski definition) is 7. The number of anilines is 1. The van der Waals surface area contributed by atoms with E-state index < -0.39 is 0 Å². The van der Waals surface area contributed by atoms with Crippen LogP contribution in [0.2, 0.25) is 0 Å². The van der Waals surface area contributed by atoms with Crippen molar-refractivity contribution >= 4 is 23.6 Å². The zero-order valence-electron chi connectivity index (χ0n) is 17.4. The number of pyridine rings is 1. The molecule has 3 aromatic rings. The highest BCUT2D eigenvalue weighted by molar-refractivity contribution is 7.99. The summed E-state index contributed by atoms with van der Waals surface area (Å²) in [6.07, 6.45) is 6.28. The molecule has 1 aromatic carbocycles. The van der Waals surface area contributed by atoms with Crippen LogP contribution in [0.4, 0.5) is 5.95 Å². The molecule has 0 bridgehead atoms. The molecular weight excluding hydrogens is 408 g/mol. The Morgan fingerprint density at radius 1 is 0.903 bits per heavy atom. The number of piperazine rings is 1. The van der Waals surface area contributed by atoms with E-state index in [1.165, 1.54) is 0 Å². The first-order valence-corrected chi connectivity index (χ1v) is 11.3. The molecule has 0 spiro atoms. The van der Waals surface area contributed by atoms with Crippen LogP contribution < -0.4 is 10.2 Å². The average Bonchev–Trinajstić information content (AvgIpc) is 2.84. The van der Waals surface area contributed by atoms with Crippen molar-refractivity contribution in [1.29, 1.82) is 0 Å². The second-order valence-corrected chi connectivity index (χ2v) is 8.38. The number of rotatable bonds is 8. The monoisotopic (exact) mass is 434 g/mol. The van der Waals surface area contributed by atoms with E-state index in [2.05, 4.69) is 30.1 Å². The zero-order valence-corrected chi connectivity index (χ0v) is 18.2. The third kappa shape index (κ3) is 6.26. The summed E-state index contributed by atoms with van der Waals surface area (Å²) < 4.78 is 0. The molecule has 1 aliphatic heterocycles. The molecule has 0 radical (unpaired) electrons.